The molecule has 1 saturated heterocycles. The number of H-pyrrole nitrogens is 1. The largest absolute Gasteiger partial charge is 0.493 e. The highest BCUT2D eigenvalue weighted by molar-refractivity contribution is 7.89. The van der Waals surface area contributed by atoms with Crippen LogP contribution >= 0.6 is 0 Å². The second kappa shape index (κ2) is 9.15. The summed E-state index contributed by atoms with van der Waals surface area (Å²) in [6.45, 7) is 4.53. The third-order valence-corrected chi connectivity index (χ3v) is 7.50. The fraction of sp³-hybridized carbons (Fsp3) is 0.500. The second-order valence-corrected chi connectivity index (χ2v) is 9.07. The monoisotopic (exact) mass is 452 g/mol. The van der Waals surface area contributed by atoms with Crippen LogP contribution in [0.25, 0.3) is 0 Å². The van der Waals surface area contributed by atoms with Gasteiger partial charge in [-0.15, -0.1) is 0 Å². The Hall–Kier alpha value is -2.79. The summed E-state index contributed by atoms with van der Waals surface area (Å²) in [7, 11) is 0.731. The molecule has 1 amide bonds. The van der Waals surface area contributed by atoms with Gasteiger partial charge in [-0.3, -0.25) is 9.89 Å². The number of sulfonamides is 1. The molecule has 170 valence electrons. The predicted molar refractivity (Wildman–Crippen MR) is 113 cm³/mol. The van der Waals surface area contributed by atoms with Crippen molar-refractivity contribution < 1.29 is 27.4 Å². The molecule has 1 N–H and O–H groups in total. The minimum Gasteiger partial charge on any atom is -0.493 e. The Morgan fingerprint density at radius 3 is 2.29 bits per heavy atom. The van der Waals surface area contributed by atoms with Crippen LogP contribution in [-0.4, -0.2) is 81.2 Å². The minimum atomic E-state index is -3.71. The second-order valence-electron chi connectivity index (χ2n) is 7.19. The Morgan fingerprint density at radius 2 is 1.71 bits per heavy atom. The highest BCUT2D eigenvalue weighted by atomic mass is 32.2. The smallest absolute Gasteiger partial charge is 0.257 e. The van der Waals surface area contributed by atoms with Crippen molar-refractivity contribution in [2.24, 2.45) is 0 Å². The van der Waals surface area contributed by atoms with E-state index in [1.807, 2.05) is 0 Å². The van der Waals surface area contributed by atoms with Crippen LogP contribution in [0.1, 0.15) is 28.2 Å². The number of carbonyl (C=O) groups is 1. The van der Waals surface area contributed by atoms with Gasteiger partial charge in [0.2, 0.25) is 15.8 Å². The van der Waals surface area contributed by atoms with Crippen LogP contribution in [0.4, 0.5) is 0 Å². The molecule has 1 aromatic heterocycles. The number of aromatic nitrogens is 2. The van der Waals surface area contributed by atoms with Crippen molar-refractivity contribution in [3.05, 3.63) is 29.1 Å². The van der Waals surface area contributed by atoms with Crippen molar-refractivity contribution in [2.75, 3.05) is 47.5 Å². The fourth-order valence-electron chi connectivity index (χ4n) is 3.83. The number of methoxy groups -OCH3 is 3. The van der Waals surface area contributed by atoms with E-state index in [1.54, 1.807) is 30.9 Å². The lowest BCUT2D eigenvalue weighted by Gasteiger charge is -2.23. The van der Waals surface area contributed by atoms with E-state index in [-0.39, 0.29) is 29.6 Å². The summed E-state index contributed by atoms with van der Waals surface area (Å²) in [5.41, 5.74) is 1.27. The summed E-state index contributed by atoms with van der Waals surface area (Å²) >= 11 is 0. The zero-order valence-corrected chi connectivity index (χ0v) is 19.2. The molecule has 2 aromatic rings. The average molecular weight is 453 g/mol. The summed E-state index contributed by atoms with van der Waals surface area (Å²) in [4.78, 5) is 15.1. The molecule has 0 bridgehead atoms. The summed E-state index contributed by atoms with van der Waals surface area (Å²) in [6, 6.07) is 3.27. The van der Waals surface area contributed by atoms with Gasteiger partial charge in [-0.05, 0) is 32.4 Å². The molecular formula is C20H28N4O6S. The van der Waals surface area contributed by atoms with Crippen molar-refractivity contribution in [1.82, 2.24) is 19.4 Å². The van der Waals surface area contributed by atoms with E-state index in [0.717, 1.165) is 0 Å². The molecule has 0 unspecified atom stereocenters. The van der Waals surface area contributed by atoms with Crippen molar-refractivity contribution in [3.8, 4) is 17.2 Å². The maximum Gasteiger partial charge on any atom is 0.257 e. The van der Waals surface area contributed by atoms with Gasteiger partial charge in [-0.2, -0.15) is 9.40 Å². The summed E-state index contributed by atoms with van der Waals surface area (Å²) < 4.78 is 43.8. The molecule has 0 radical (unpaired) electrons. The lowest BCUT2D eigenvalue weighted by atomic mass is 10.1. The third kappa shape index (κ3) is 4.19. The first kappa shape index (κ1) is 22.9. The Bertz CT molecular complexity index is 1050. The summed E-state index contributed by atoms with van der Waals surface area (Å²) in [6.07, 6.45) is 0.510. The number of aromatic amines is 1. The molecule has 3 rings (SSSR count). The van der Waals surface area contributed by atoms with E-state index < -0.39 is 10.0 Å². The maximum atomic E-state index is 13.3. The third-order valence-electron chi connectivity index (χ3n) is 5.34. The number of hydrogen-bond acceptors (Lipinski definition) is 7. The molecular weight excluding hydrogens is 424 g/mol. The molecule has 1 aliphatic rings. The lowest BCUT2D eigenvalue weighted by molar-refractivity contribution is 0.0760. The Morgan fingerprint density at radius 1 is 1.00 bits per heavy atom. The highest BCUT2D eigenvalue weighted by Crippen LogP contribution is 2.40. The van der Waals surface area contributed by atoms with Gasteiger partial charge in [0, 0.05) is 26.2 Å². The van der Waals surface area contributed by atoms with Crippen LogP contribution in [0.3, 0.4) is 0 Å². The zero-order valence-electron chi connectivity index (χ0n) is 18.4. The Labute approximate surface area is 182 Å². The Balaban J connectivity index is 1.84. The number of benzene rings is 1. The molecule has 0 saturated carbocycles. The van der Waals surface area contributed by atoms with E-state index in [2.05, 4.69) is 10.2 Å². The number of aryl methyl sites for hydroxylation is 2. The lowest BCUT2D eigenvalue weighted by Crippen LogP contribution is -2.37. The van der Waals surface area contributed by atoms with Crippen molar-refractivity contribution >= 4 is 15.9 Å². The molecule has 11 heteroatoms. The predicted octanol–water partition coefficient (Wildman–Crippen LogP) is 1.59. The normalized spacial score (nSPS) is 15.5. The molecule has 31 heavy (non-hydrogen) atoms. The first-order chi connectivity index (χ1) is 14.8. The number of ether oxygens (including phenoxy) is 3. The molecule has 10 nitrogen and oxygen atoms in total. The van der Waals surface area contributed by atoms with Crippen LogP contribution in [0, 0.1) is 13.8 Å². The van der Waals surface area contributed by atoms with Gasteiger partial charge in [0.15, 0.2) is 11.5 Å². The van der Waals surface area contributed by atoms with Crippen LogP contribution < -0.4 is 14.2 Å². The number of rotatable bonds is 6. The average Bonchev–Trinajstić information content (AvgIpc) is 2.95. The maximum absolute atomic E-state index is 13.3. The Kier molecular flexibility index (Phi) is 6.75. The summed E-state index contributed by atoms with van der Waals surface area (Å²) in [5, 5.41) is 6.72. The van der Waals surface area contributed by atoms with Crippen LogP contribution in [-0.2, 0) is 10.0 Å². The van der Waals surface area contributed by atoms with Gasteiger partial charge in [0.05, 0.1) is 38.3 Å². The van der Waals surface area contributed by atoms with Crippen LogP contribution in [0.15, 0.2) is 17.0 Å². The molecule has 0 aliphatic carbocycles. The first-order valence-corrected chi connectivity index (χ1v) is 11.3. The van der Waals surface area contributed by atoms with Crippen LogP contribution in [0.5, 0.6) is 17.2 Å². The number of amides is 1. The van der Waals surface area contributed by atoms with Crippen LogP contribution in [0.2, 0.25) is 0 Å². The quantitative estimate of drug-likeness (QED) is 0.708. The first-order valence-electron chi connectivity index (χ1n) is 9.86. The van der Waals surface area contributed by atoms with Gasteiger partial charge < -0.3 is 19.1 Å². The summed E-state index contributed by atoms with van der Waals surface area (Å²) in [5.74, 6) is 0.814. The van der Waals surface area contributed by atoms with Gasteiger partial charge in [0.25, 0.3) is 5.91 Å². The minimum absolute atomic E-state index is 0.188. The van der Waals surface area contributed by atoms with Crippen molar-refractivity contribution in [3.63, 3.8) is 0 Å². The molecule has 0 atom stereocenters. The van der Waals surface area contributed by atoms with E-state index in [4.69, 9.17) is 14.2 Å². The molecule has 1 aliphatic heterocycles. The SMILES string of the molecule is COc1ccc(C(=O)N2CCCN(S(=O)(=O)c3c(C)n[nH]c3C)CC2)c(OC)c1OC. The van der Waals surface area contributed by atoms with E-state index in [1.165, 1.54) is 25.6 Å². The number of nitrogens with one attached hydrogen (secondary N) is 1. The van der Waals surface area contributed by atoms with Gasteiger partial charge in [0.1, 0.15) is 4.90 Å². The van der Waals surface area contributed by atoms with E-state index >= 15 is 0 Å². The number of carbonyl (C=O) groups excluding carboxylic acids is 1. The van der Waals surface area contributed by atoms with Gasteiger partial charge in [-0.1, -0.05) is 0 Å². The van der Waals surface area contributed by atoms with Crippen molar-refractivity contribution in [2.45, 2.75) is 25.2 Å². The molecule has 1 fully saturated rings. The van der Waals surface area contributed by atoms with Gasteiger partial charge >= 0.3 is 0 Å². The standard InChI is InChI=1S/C20H28N4O6S/c1-13-19(14(2)22-21-13)31(26,27)24-10-6-9-23(11-12-24)20(25)15-7-8-16(28-3)18(30-5)17(15)29-4/h7-8H,6,9-12H2,1-5H3,(H,21,22). The number of hydrogen-bond donors (Lipinski definition) is 1. The topological polar surface area (TPSA) is 114 Å². The molecule has 2 heterocycles. The van der Waals surface area contributed by atoms with E-state index in [9.17, 15) is 13.2 Å². The zero-order chi connectivity index (χ0) is 22.8. The van der Waals surface area contributed by atoms with E-state index in [0.29, 0.717) is 48.0 Å². The fourth-order valence-corrected chi connectivity index (χ4v) is 5.63. The molecule has 0 spiro atoms. The van der Waals surface area contributed by atoms with Gasteiger partial charge in [-0.25, -0.2) is 8.42 Å². The molecule has 1 aromatic carbocycles. The van der Waals surface area contributed by atoms with Crippen molar-refractivity contribution in [1.29, 1.82) is 0 Å². The number of nitrogens with zero attached hydrogens (tertiary/aromatic N) is 3. The highest BCUT2D eigenvalue weighted by Gasteiger charge is 2.33.